The number of carbonyl (C=O) groups excluding carboxylic acids is 4. The summed E-state index contributed by atoms with van der Waals surface area (Å²) < 4.78 is 11.1. The van der Waals surface area contributed by atoms with Crippen LogP contribution in [0.5, 0.6) is 0 Å². The lowest BCUT2D eigenvalue weighted by Gasteiger charge is -2.58. The van der Waals surface area contributed by atoms with Crippen LogP contribution in [0.4, 0.5) is 0 Å². The zero-order valence-corrected chi connectivity index (χ0v) is 52.7. The van der Waals surface area contributed by atoms with Crippen LogP contribution in [0.25, 0.3) is 0 Å². The average molecular weight is 1110 g/mol. The fourth-order valence-corrected chi connectivity index (χ4v) is 21.0. The molecule has 0 aromatic heterocycles. The zero-order valence-electron chi connectivity index (χ0n) is 52.7. The number of Topliss-reactive ketones (excluding diaryl/α,β-unsaturated/α-hetero) is 4. The minimum atomic E-state index is -0.580. The van der Waals surface area contributed by atoms with Crippen molar-refractivity contribution in [3.63, 3.8) is 0 Å². The van der Waals surface area contributed by atoms with Crippen molar-refractivity contribution in [2.24, 2.45) is 80.8 Å². The van der Waals surface area contributed by atoms with E-state index in [1.807, 2.05) is 14.2 Å². The summed E-state index contributed by atoms with van der Waals surface area (Å²) in [6.07, 6.45) is 63.7. The molecule has 10 rings (SSSR count). The van der Waals surface area contributed by atoms with E-state index in [0.29, 0.717) is 47.2 Å². The Hall–Kier alpha value is -1.40. The van der Waals surface area contributed by atoms with Crippen LogP contribution < -0.4 is 0 Å². The Morgan fingerprint density at radius 3 is 0.700 bits per heavy atom. The first-order valence-corrected chi connectivity index (χ1v) is 36.3. The maximum absolute atomic E-state index is 14.0. The van der Waals surface area contributed by atoms with Gasteiger partial charge in [0.2, 0.25) is 0 Å². The lowest BCUT2D eigenvalue weighted by molar-refractivity contribution is -0.180. The van der Waals surface area contributed by atoms with Crippen molar-refractivity contribution in [3.8, 4) is 0 Å². The summed E-state index contributed by atoms with van der Waals surface area (Å²) in [4.78, 5) is 55.2. The Bertz CT molecular complexity index is 1700. The highest BCUT2D eigenvalue weighted by molar-refractivity contribution is 6.31. The Labute approximate surface area is 491 Å². The Balaban J connectivity index is 0.000000209. The molecule has 0 radical (unpaired) electrons. The van der Waals surface area contributed by atoms with Crippen LogP contribution in [-0.2, 0) is 28.7 Å². The molecule has 0 heterocycles. The van der Waals surface area contributed by atoms with E-state index in [0.717, 1.165) is 150 Å². The van der Waals surface area contributed by atoms with Gasteiger partial charge < -0.3 is 9.47 Å². The Kier molecular flexibility index (Phi) is 23.9. The van der Waals surface area contributed by atoms with E-state index < -0.39 is 21.7 Å². The van der Waals surface area contributed by atoms with E-state index in [9.17, 15) is 19.2 Å². The molecule has 0 saturated heterocycles. The lowest BCUT2D eigenvalue weighted by atomic mass is 9.41. The number of hydrogen-bond acceptors (Lipinski definition) is 6. The average Bonchev–Trinajstić information content (AvgIpc) is 3.66. The van der Waals surface area contributed by atoms with Crippen LogP contribution in [0.1, 0.15) is 335 Å². The van der Waals surface area contributed by atoms with Gasteiger partial charge in [0.15, 0.2) is 23.1 Å². The second kappa shape index (κ2) is 30.3. The maximum Gasteiger partial charge on any atom is 0.159 e. The van der Waals surface area contributed by atoms with E-state index in [1.165, 1.54) is 218 Å². The topological polar surface area (TPSA) is 86.7 Å². The highest BCUT2D eigenvalue weighted by Gasteiger charge is 2.72. The fourth-order valence-electron chi connectivity index (χ4n) is 21.0. The third-order valence-electron chi connectivity index (χ3n) is 26.5. The molecule has 10 fully saturated rings. The molecule has 0 bridgehead atoms. The minimum absolute atomic E-state index is 0.359. The molecule has 10 aliphatic carbocycles. The molecule has 80 heavy (non-hydrogen) atoms. The van der Waals surface area contributed by atoms with Crippen molar-refractivity contribution in [3.05, 3.63) is 0 Å². The maximum atomic E-state index is 14.0. The minimum Gasteiger partial charge on any atom is -0.381 e. The number of carbonyl (C=O) groups is 4. The molecule has 456 valence electrons. The van der Waals surface area contributed by atoms with Gasteiger partial charge in [-0.3, -0.25) is 19.2 Å². The van der Waals surface area contributed by atoms with Crippen molar-refractivity contribution >= 4 is 23.1 Å². The molecular formula is C74H124O6. The monoisotopic (exact) mass is 1110 g/mol. The first-order chi connectivity index (χ1) is 39.0. The standard InChI is InChI=1S/C46H80O2.C28H44O4/c1-3-5-7-9-11-13-15-17-19-37-21-25-39(26-22-37)41-29-33-45(34-30-41)43(47)46(44(45)48)35-31-42(32-36-46)40-27-23-38(24-28-40)20-18-16-14-12-10-8-6-4-2;1-31-23-7-3-19(4-8-23)21-11-15-27(16-12-21)25(29)28(26(27)30)17-13-22(14-18-28)20-5-9-24(32-2)10-6-20/h37-42H,3-36H2,1-2H3;19-24H,3-18H2,1-2H3/t37-,38-,39-,40-,41?,42?,45?,46?;19-,20-,21?,22?,23-,24-,27?,28?. The normalized spacial score (nSPS) is 40.5. The molecule has 0 N–H and O–H groups in total. The molecular weight excluding hydrogens is 985 g/mol. The smallest absolute Gasteiger partial charge is 0.159 e. The molecule has 0 atom stereocenters. The molecule has 0 aliphatic heterocycles. The molecule has 10 aliphatic rings. The second-order valence-electron chi connectivity index (χ2n) is 30.6. The summed E-state index contributed by atoms with van der Waals surface area (Å²) in [6.45, 7) is 4.61. The quantitative estimate of drug-likeness (QED) is 0.0707. The van der Waals surface area contributed by atoms with E-state index >= 15 is 0 Å². The van der Waals surface area contributed by atoms with Crippen molar-refractivity contribution in [2.45, 2.75) is 347 Å². The summed E-state index contributed by atoms with van der Waals surface area (Å²) in [7, 11) is 3.66. The number of ketones is 4. The molecule has 0 amide bonds. The molecule has 6 heteroatoms. The van der Waals surface area contributed by atoms with Crippen LogP contribution in [0.15, 0.2) is 0 Å². The highest BCUT2D eigenvalue weighted by Crippen LogP contribution is 2.65. The third kappa shape index (κ3) is 14.4. The van der Waals surface area contributed by atoms with E-state index in [2.05, 4.69) is 13.8 Å². The molecule has 4 spiro atoms. The number of rotatable bonds is 24. The largest absolute Gasteiger partial charge is 0.381 e. The van der Waals surface area contributed by atoms with Crippen LogP contribution in [-0.4, -0.2) is 49.6 Å². The van der Waals surface area contributed by atoms with E-state index in [1.54, 1.807) is 0 Å². The van der Waals surface area contributed by atoms with Gasteiger partial charge in [-0.1, -0.05) is 155 Å². The summed E-state index contributed by atoms with van der Waals surface area (Å²) in [5, 5.41) is 0. The van der Waals surface area contributed by atoms with Gasteiger partial charge in [0.25, 0.3) is 0 Å². The van der Waals surface area contributed by atoms with Crippen LogP contribution in [0.3, 0.4) is 0 Å². The van der Waals surface area contributed by atoms with Gasteiger partial charge in [-0.25, -0.2) is 0 Å². The van der Waals surface area contributed by atoms with Gasteiger partial charge >= 0.3 is 0 Å². The van der Waals surface area contributed by atoms with Crippen molar-refractivity contribution < 1.29 is 28.7 Å². The fraction of sp³-hybridized carbons (Fsp3) is 0.946. The van der Waals surface area contributed by atoms with Crippen LogP contribution in [0.2, 0.25) is 0 Å². The molecule has 6 nitrogen and oxygen atoms in total. The number of hydrogen-bond donors (Lipinski definition) is 0. The first-order valence-electron chi connectivity index (χ1n) is 36.3. The molecule has 0 aromatic carbocycles. The SMILES string of the molecule is CCCCCCCCCC[C@H]1CC[C@H](C2CCC3(CC2)C(=O)C2(CCC([C@H]4CC[C@H](CCCCCCCCCC)CC4)CC2)C3=O)CC1.CO[C@H]1CC[C@H](C2CCC3(CC2)C(=O)C2(CCC([C@H]4CC[C@H](OC)CC4)CC2)C3=O)CC1. The second-order valence-corrected chi connectivity index (χ2v) is 30.6. The Morgan fingerprint density at radius 2 is 0.475 bits per heavy atom. The van der Waals surface area contributed by atoms with Crippen molar-refractivity contribution in [1.29, 1.82) is 0 Å². The third-order valence-corrected chi connectivity index (χ3v) is 26.5. The van der Waals surface area contributed by atoms with Gasteiger partial charge in [0.1, 0.15) is 0 Å². The first kappa shape index (κ1) is 63.1. The van der Waals surface area contributed by atoms with E-state index in [-0.39, 0.29) is 0 Å². The summed E-state index contributed by atoms with van der Waals surface area (Å²) in [5.74, 6) is 9.76. The molecule has 0 unspecified atom stereocenters. The van der Waals surface area contributed by atoms with Gasteiger partial charge in [-0.05, 0) is 239 Å². The van der Waals surface area contributed by atoms with Crippen LogP contribution >= 0.6 is 0 Å². The highest BCUT2D eigenvalue weighted by atomic mass is 16.5. The van der Waals surface area contributed by atoms with Gasteiger partial charge in [0.05, 0.1) is 33.9 Å². The number of unbranched alkanes of at least 4 members (excludes halogenated alkanes) is 14. The van der Waals surface area contributed by atoms with E-state index in [4.69, 9.17) is 9.47 Å². The predicted octanol–water partition coefficient (Wildman–Crippen LogP) is 20.1. The van der Waals surface area contributed by atoms with Crippen molar-refractivity contribution in [1.82, 2.24) is 0 Å². The number of methoxy groups -OCH3 is 2. The Morgan fingerprint density at radius 1 is 0.275 bits per heavy atom. The summed E-state index contributed by atoms with van der Waals surface area (Å²) in [6, 6.07) is 0. The zero-order chi connectivity index (χ0) is 56.0. The predicted molar refractivity (Wildman–Crippen MR) is 328 cm³/mol. The van der Waals surface area contributed by atoms with Gasteiger partial charge in [-0.15, -0.1) is 0 Å². The van der Waals surface area contributed by atoms with Gasteiger partial charge in [-0.2, -0.15) is 0 Å². The van der Waals surface area contributed by atoms with Gasteiger partial charge in [0, 0.05) is 14.2 Å². The number of ether oxygens (including phenoxy) is 2. The van der Waals surface area contributed by atoms with Crippen LogP contribution in [0, 0.1) is 80.8 Å². The lowest BCUT2D eigenvalue weighted by Crippen LogP contribution is -2.68. The summed E-state index contributed by atoms with van der Waals surface area (Å²) in [5.41, 5.74) is -2.26. The van der Waals surface area contributed by atoms with Crippen molar-refractivity contribution in [2.75, 3.05) is 14.2 Å². The summed E-state index contributed by atoms with van der Waals surface area (Å²) >= 11 is 0. The molecule has 10 saturated carbocycles. The molecule has 0 aromatic rings.